The molecular formula is C18H17BrN2O2. The molecule has 2 aromatic rings. The van der Waals surface area contributed by atoms with Crippen LogP contribution in [0.2, 0.25) is 0 Å². The zero-order valence-electron chi connectivity index (χ0n) is 12.8. The van der Waals surface area contributed by atoms with Gasteiger partial charge in [0.1, 0.15) is 5.75 Å². The van der Waals surface area contributed by atoms with E-state index in [1.807, 2.05) is 24.3 Å². The molecule has 1 aromatic heterocycles. The quantitative estimate of drug-likeness (QED) is 0.777. The van der Waals surface area contributed by atoms with Gasteiger partial charge in [0.05, 0.1) is 18.4 Å². The molecule has 1 aromatic carbocycles. The fourth-order valence-corrected chi connectivity index (χ4v) is 3.82. The number of aromatic amines is 1. The molecule has 1 amide bonds. The summed E-state index contributed by atoms with van der Waals surface area (Å²) in [6, 6.07) is 5.81. The molecule has 0 bridgehead atoms. The summed E-state index contributed by atoms with van der Waals surface area (Å²) >= 11 is 3.47. The third kappa shape index (κ3) is 2.39. The van der Waals surface area contributed by atoms with Gasteiger partial charge in [-0.2, -0.15) is 0 Å². The summed E-state index contributed by atoms with van der Waals surface area (Å²) in [5, 5.41) is 2.91. The number of benzene rings is 1. The molecule has 0 fully saturated rings. The van der Waals surface area contributed by atoms with Crippen LogP contribution in [-0.4, -0.2) is 18.0 Å². The van der Waals surface area contributed by atoms with Crippen LogP contribution in [0.5, 0.6) is 5.75 Å². The minimum Gasteiger partial charge on any atom is -0.494 e. The predicted molar refractivity (Wildman–Crippen MR) is 94.6 cm³/mol. The van der Waals surface area contributed by atoms with Crippen LogP contribution in [0.4, 0.5) is 5.69 Å². The van der Waals surface area contributed by atoms with Gasteiger partial charge in [-0.25, -0.2) is 0 Å². The summed E-state index contributed by atoms with van der Waals surface area (Å²) in [5.41, 5.74) is 5.82. The Hall–Kier alpha value is -2.01. The molecule has 2 aliphatic rings. The summed E-state index contributed by atoms with van der Waals surface area (Å²) < 4.78 is 6.58. The smallest absolute Gasteiger partial charge is 0.256 e. The molecule has 1 aliphatic carbocycles. The number of aryl methyl sites for hydroxylation is 1. The first-order valence-corrected chi connectivity index (χ1v) is 8.57. The van der Waals surface area contributed by atoms with Crippen molar-refractivity contribution in [3.05, 3.63) is 45.2 Å². The van der Waals surface area contributed by atoms with Crippen LogP contribution in [-0.2, 0) is 17.6 Å². The topological polar surface area (TPSA) is 54.1 Å². The molecular weight excluding hydrogens is 356 g/mol. The number of hydrogen-bond acceptors (Lipinski definition) is 2. The largest absolute Gasteiger partial charge is 0.494 e. The molecule has 2 N–H and O–H groups in total. The van der Waals surface area contributed by atoms with E-state index in [1.165, 1.54) is 24.1 Å². The third-order valence-corrected chi connectivity index (χ3v) is 5.02. The summed E-state index contributed by atoms with van der Waals surface area (Å²) in [7, 11) is 1.69. The number of nitrogens with one attached hydrogen (secondary N) is 2. The molecule has 2 heterocycles. The first-order valence-electron chi connectivity index (χ1n) is 7.78. The van der Waals surface area contributed by atoms with Crippen molar-refractivity contribution in [3.63, 3.8) is 0 Å². The van der Waals surface area contributed by atoms with E-state index >= 15 is 0 Å². The van der Waals surface area contributed by atoms with Crippen LogP contribution in [0.3, 0.4) is 0 Å². The van der Waals surface area contributed by atoms with E-state index in [9.17, 15) is 4.79 Å². The van der Waals surface area contributed by atoms with Crippen molar-refractivity contribution in [3.8, 4) is 5.75 Å². The maximum atomic E-state index is 12.3. The van der Waals surface area contributed by atoms with Gasteiger partial charge in [0.15, 0.2) is 0 Å². The molecule has 4 rings (SSSR count). The van der Waals surface area contributed by atoms with Gasteiger partial charge in [0.2, 0.25) is 0 Å². The Labute approximate surface area is 143 Å². The lowest BCUT2D eigenvalue weighted by Gasteiger charge is -2.11. The van der Waals surface area contributed by atoms with E-state index in [0.29, 0.717) is 5.57 Å². The number of carbonyl (C=O) groups excluding carboxylic acids is 1. The van der Waals surface area contributed by atoms with E-state index in [1.54, 1.807) is 7.11 Å². The van der Waals surface area contributed by atoms with E-state index in [2.05, 4.69) is 26.2 Å². The maximum Gasteiger partial charge on any atom is 0.256 e. The Morgan fingerprint density at radius 3 is 2.91 bits per heavy atom. The summed E-state index contributed by atoms with van der Waals surface area (Å²) in [6.45, 7) is 0. The minimum absolute atomic E-state index is 0.0762. The van der Waals surface area contributed by atoms with Crippen LogP contribution in [0.15, 0.2) is 22.7 Å². The lowest BCUT2D eigenvalue weighted by Crippen LogP contribution is -2.03. The molecule has 0 spiro atoms. The molecule has 4 nitrogen and oxygen atoms in total. The Kier molecular flexibility index (Phi) is 3.53. The van der Waals surface area contributed by atoms with Crippen molar-refractivity contribution >= 4 is 39.2 Å². The summed E-state index contributed by atoms with van der Waals surface area (Å²) in [5.74, 6) is 0.802. The van der Waals surface area contributed by atoms with Gasteiger partial charge >= 0.3 is 0 Å². The highest BCUT2D eigenvalue weighted by Gasteiger charge is 2.26. The molecule has 0 unspecified atom stereocenters. The lowest BCUT2D eigenvalue weighted by molar-refractivity contribution is -0.110. The fraction of sp³-hybridized carbons (Fsp3) is 0.278. The molecule has 0 atom stereocenters. The number of amides is 1. The van der Waals surface area contributed by atoms with Gasteiger partial charge in [0, 0.05) is 27.0 Å². The lowest BCUT2D eigenvalue weighted by atomic mass is 9.97. The van der Waals surface area contributed by atoms with Crippen molar-refractivity contribution in [2.24, 2.45) is 0 Å². The van der Waals surface area contributed by atoms with Crippen molar-refractivity contribution in [1.29, 1.82) is 0 Å². The van der Waals surface area contributed by atoms with Gasteiger partial charge < -0.3 is 15.0 Å². The highest BCUT2D eigenvalue weighted by atomic mass is 79.9. The molecule has 118 valence electrons. The second-order valence-electron chi connectivity index (χ2n) is 5.94. The van der Waals surface area contributed by atoms with Crippen molar-refractivity contribution in [1.82, 2.24) is 4.98 Å². The normalized spacial score (nSPS) is 17.8. The minimum atomic E-state index is -0.0762. The van der Waals surface area contributed by atoms with Crippen LogP contribution in [0.25, 0.3) is 11.6 Å². The highest BCUT2D eigenvalue weighted by Crippen LogP contribution is 2.38. The third-order valence-electron chi connectivity index (χ3n) is 4.53. The van der Waals surface area contributed by atoms with Crippen molar-refractivity contribution < 1.29 is 9.53 Å². The number of hydrogen-bond donors (Lipinski definition) is 2. The number of anilines is 1. The molecule has 0 radical (unpaired) electrons. The molecule has 1 aliphatic heterocycles. The van der Waals surface area contributed by atoms with Gasteiger partial charge in [-0.1, -0.05) is 15.9 Å². The Morgan fingerprint density at radius 1 is 1.26 bits per heavy atom. The summed E-state index contributed by atoms with van der Waals surface area (Å²) in [4.78, 5) is 15.8. The van der Waals surface area contributed by atoms with Crippen LogP contribution in [0, 0.1) is 0 Å². The number of fused-ring (bicyclic) bond motifs is 2. The molecule has 0 saturated carbocycles. The monoisotopic (exact) mass is 372 g/mol. The van der Waals surface area contributed by atoms with E-state index in [4.69, 9.17) is 4.74 Å². The standard InChI is InChI=1S/C18H17BrN2O2/c1-23-17-11-4-2-3-5-14(11)20-16(17)9-13-12-8-10(19)6-7-15(12)21-18(13)22/h6-9,20H,2-5H2,1H3,(H,21,22). The number of H-pyrrole nitrogens is 1. The molecule has 23 heavy (non-hydrogen) atoms. The zero-order chi connectivity index (χ0) is 16.0. The number of rotatable bonds is 2. The number of halogens is 1. The number of aromatic nitrogens is 1. The first kappa shape index (κ1) is 14.6. The zero-order valence-corrected chi connectivity index (χ0v) is 14.4. The summed E-state index contributed by atoms with van der Waals surface area (Å²) in [6.07, 6.45) is 6.37. The van der Waals surface area contributed by atoms with E-state index in [0.717, 1.165) is 40.0 Å². The van der Waals surface area contributed by atoms with E-state index in [-0.39, 0.29) is 5.91 Å². The number of methoxy groups -OCH3 is 1. The van der Waals surface area contributed by atoms with Crippen molar-refractivity contribution in [2.45, 2.75) is 25.7 Å². The number of carbonyl (C=O) groups is 1. The Balaban J connectivity index is 1.84. The predicted octanol–water partition coefficient (Wildman–Crippen LogP) is 4.16. The second kappa shape index (κ2) is 5.57. The van der Waals surface area contributed by atoms with E-state index < -0.39 is 0 Å². The Morgan fingerprint density at radius 2 is 2.09 bits per heavy atom. The maximum absolute atomic E-state index is 12.3. The number of ether oxygens (including phenoxy) is 1. The Bertz CT molecular complexity index is 836. The highest BCUT2D eigenvalue weighted by molar-refractivity contribution is 9.10. The van der Waals surface area contributed by atoms with Crippen molar-refractivity contribution in [2.75, 3.05) is 12.4 Å². The fourth-order valence-electron chi connectivity index (χ4n) is 3.46. The van der Waals surface area contributed by atoms with Gasteiger partial charge in [-0.3, -0.25) is 4.79 Å². The molecule has 0 saturated heterocycles. The average molecular weight is 373 g/mol. The van der Waals surface area contributed by atoms with Gasteiger partial charge in [-0.15, -0.1) is 0 Å². The van der Waals surface area contributed by atoms with Crippen LogP contribution < -0.4 is 10.1 Å². The second-order valence-corrected chi connectivity index (χ2v) is 6.85. The molecule has 5 heteroatoms. The van der Waals surface area contributed by atoms with Crippen LogP contribution in [0.1, 0.15) is 35.4 Å². The van der Waals surface area contributed by atoms with Gasteiger partial charge in [0.25, 0.3) is 5.91 Å². The SMILES string of the molecule is COc1c(C=C2C(=O)Nc3ccc(Br)cc32)[nH]c2c1CCCC2. The first-order chi connectivity index (χ1) is 11.2. The van der Waals surface area contributed by atoms with Crippen LogP contribution >= 0.6 is 15.9 Å². The van der Waals surface area contributed by atoms with Gasteiger partial charge in [-0.05, 0) is 50.0 Å². The average Bonchev–Trinajstić information content (AvgIpc) is 3.05.